The highest BCUT2D eigenvalue weighted by Crippen LogP contribution is 2.11. The molecule has 0 saturated carbocycles. The zero-order valence-corrected chi connectivity index (χ0v) is 10.9. The van der Waals surface area contributed by atoms with Crippen LogP contribution in [-0.4, -0.2) is 26.0 Å². The molecule has 21 heavy (non-hydrogen) atoms. The van der Waals surface area contributed by atoms with Crippen LogP contribution in [0.15, 0.2) is 47.4 Å². The lowest BCUT2D eigenvalue weighted by molar-refractivity contribution is 0.0697. The molecule has 0 spiro atoms. The van der Waals surface area contributed by atoms with Crippen molar-refractivity contribution in [2.45, 2.75) is 6.42 Å². The number of benzene rings is 1. The average Bonchev–Trinajstić information content (AvgIpc) is 2.47. The Labute approximate surface area is 119 Å². The third-order valence-electron chi connectivity index (χ3n) is 3.08. The number of rotatable bonds is 3. The van der Waals surface area contributed by atoms with Crippen LogP contribution in [0, 0.1) is 0 Å². The molecule has 2 N–H and O–H groups in total. The number of nitrogens with zero attached hydrogens (tertiary/aromatic N) is 2. The van der Waals surface area contributed by atoms with Crippen LogP contribution >= 0.6 is 0 Å². The molecule has 0 aliphatic rings. The first-order valence-electron chi connectivity index (χ1n) is 6.29. The lowest BCUT2D eigenvalue weighted by Gasteiger charge is -2.03. The lowest BCUT2D eigenvalue weighted by atomic mass is 10.1. The summed E-state index contributed by atoms with van der Waals surface area (Å²) < 4.78 is 0. The number of aromatic carboxylic acids is 1. The van der Waals surface area contributed by atoms with Crippen molar-refractivity contribution < 1.29 is 9.90 Å². The summed E-state index contributed by atoms with van der Waals surface area (Å²) in [6.45, 7) is 0. The molecule has 3 aromatic rings. The van der Waals surface area contributed by atoms with Gasteiger partial charge in [-0.15, -0.1) is 0 Å². The molecular formula is C15H11N3O3. The van der Waals surface area contributed by atoms with Crippen molar-refractivity contribution in [2.75, 3.05) is 0 Å². The Balaban J connectivity index is 2.08. The summed E-state index contributed by atoms with van der Waals surface area (Å²) in [5, 5.41) is 9.36. The van der Waals surface area contributed by atoms with E-state index in [1.807, 2.05) is 12.1 Å². The molecule has 2 heterocycles. The van der Waals surface area contributed by atoms with Gasteiger partial charge in [-0.25, -0.2) is 9.78 Å². The van der Waals surface area contributed by atoms with E-state index in [1.165, 1.54) is 18.2 Å². The van der Waals surface area contributed by atoms with Crippen LogP contribution in [0.3, 0.4) is 0 Å². The van der Waals surface area contributed by atoms with Gasteiger partial charge in [0.15, 0.2) is 0 Å². The average molecular weight is 281 g/mol. The van der Waals surface area contributed by atoms with Crippen LogP contribution in [0.4, 0.5) is 0 Å². The van der Waals surface area contributed by atoms with E-state index in [4.69, 9.17) is 5.11 Å². The van der Waals surface area contributed by atoms with E-state index in [0.717, 1.165) is 5.69 Å². The molecule has 6 heteroatoms. The number of hydrogen-bond donors (Lipinski definition) is 2. The van der Waals surface area contributed by atoms with Gasteiger partial charge in [-0.05, 0) is 30.3 Å². The smallest absolute Gasteiger partial charge is 0.335 e. The Kier molecular flexibility index (Phi) is 3.19. The maximum atomic E-state index is 12.0. The fourth-order valence-corrected chi connectivity index (χ4v) is 2.08. The molecule has 0 amide bonds. The first-order chi connectivity index (χ1) is 10.1. The van der Waals surface area contributed by atoms with Crippen molar-refractivity contribution in [3.05, 3.63) is 70.0 Å². The molecule has 2 aromatic heterocycles. The fraction of sp³-hybridized carbons (Fsp3) is 0.0667. The fourth-order valence-electron chi connectivity index (χ4n) is 2.08. The maximum Gasteiger partial charge on any atom is 0.335 e. The zero-order chi connectivity index (χ0) is 14.8. The molecule has 0 aliphatic carbocycles. The summed E-state index contributed by atoms with van der Waals surface area (Å²) in [4.78, 5) is 34.2. The first-order valence-corrected chi connectivity index (χ1v) is 6.29. The van der Waals surface area contributed by atoms with E-state index in [0.29, 0.717) is 23.1 Å². The molecule has 3 rings (SSSR count). The number of H-pyrrole nitrogens is 1. The van der Waals surface area contributed by atoms with Crippen LogP contribution < -0.4 is 5.56 Å². The Morgan fingerprint density at radius 1 is 1.24 bits per heavy atom. The standard InChI is InChI=1S/C15H11N3O3/c19-14-11-5-4-9(15(20)21)7-12(11)17-13(18-14)8-10-3-1-2-6-16-10/h1-7H,8H2,(H,20,21)(H,17,18,19). The summed E-state index contributed by atoms with van der Waals surface area (Å²) in [6.07, 6.45) is 2.04. The summed E-state index contributed by atoms with van der Waals surface area (Å²) >= 11 is 0. The third-order valence-corrected chi connectivity index (χ3v) is 3.08. The number of hydrogen-bond acceptors (Lipinski definition) is 4. The quantitative estimate of drug-likeness (QED) is 0.760. The Bertz CT molecular complexity index is 872. The molecule has 0 bridgehead atoms. The van der Waals surface area contributed by atoms with Gasteiger partial charge in [-0.2, -0.15) is 0 Å². The molecule has 0 radical (unpaired) electrons. The maximum absolute atomic E-state index is 12.0. The zero-order valence-electron chi connectivity index (χ0n) is 10.9. The van der Waals surface area contributed by atoms with Crippen LogP contribution in [0.1, 0.15) is 21.9 Å². The molecule has 1 aromatic carbocycles. The van der Waals surface area contributed by atoms with Gasteiger partial charge in [0.1, 0.15) is 5.82 Å². The number of carbonyl (C=O) groups is 1. The van der Waals surface area contributed by atoms with E-state index >= 15 is 0 Å². The molecule has 6 nitrogen and oxygen atoms in total. The summed E-state index contributed by atoms with van der Waals surface area (Å²) in [5.41, 5.74) is 0.950. The number of aromatic nitrogens is 3. The minimum absolute atomic E-state index is 0.101. The van der Waals surface area contributed by atoms with Crippen molar-refractivity contribution in [3.8, 4) is 0 Å². The molecule has 0 saturated heterocycles. The van der Waals surface area contributed by atoms with Crippen LogP contribution in [0.25, 0.3) is 10.9 Å². The van der Waals surface area contributed by atoms with Crippen LogP contribution in [0.2, 0.25) is 0 Å². The lowest BCUT2D eigenvalue weighted by Crippen LogP contribution is -2.13. The number of nitrogens with one attached hydrogen (secondary N) is 1. The topological polar surface area (TPSA) is 95.9 Å². The van der Waals surface area contributed by atoms with E-state index in [2.05, 4.69) is 15.0 Å². The molecular weight excluding hydrogens is 270 g/mol. The largest absolute Gasteiger partial charge is 0.478 e. The van der Waals surface area contributed by atoms with Crippen LogP contribution in [-0.2, 0) is 6.42 Å². The summed E-state index contributed by atoms with van der Waals surface area (Å²) in [5.74, 6) is -0.598. The second-order valence-corrected chi connectivity index (χ2v) is 4.55. The molecule has 0 unspecified atom stereocenters. The van der Waals surface area contributed by atoms with Crippen molar-refractivity contribution >= 4 is 16.9 Å². The number of pyridine rings is 1. The van der Waals surface area contributed by atoms with Gasteiger partial charge < -0.3 is 10.1 Å². The van der Waals surface area contributed by atoms with Gasteiger partial charge in [0, 0.05) is 18.3 Å². The Hall–Kier alpha value is -3.02. The highest BCUT2D eigenvalue weighted by atomic mass is 16.4. The van der Waals surface area contributed by atoms with Gasteiger partial charge in [0.2, 0.25) is 0 Å². The number of aromatic amines is 1. The minimum atomic E-state index is -1.05. The van der Waals surface area contributed by atoms with Gasteiger partial charge in [-0.1, -0.05) is 6.07 Å². The van der Waals surface area contributed by atoms with Gasteiger partial charge in [0.25, 0.3) is 5.56 Å². The van der Waals surface area contributed by atoms with Crippen molar-refractivity contribution in [1.82, 2.24) is 15.0 Å². The van der Waals surface area contributed by atoms with Crippen LogP contribution in [0.5, 0.6) is 0 Å². The van der Waals surface area contributed by atoms with E-state index in [9.17, 15) is 9.59 Å². The summed E-state index contributed by atoms with van der Waals surface area (Å²) in [6, 6.07) is 9.74. The predicted octanol–water partition coefficient (Wildman–Crippen LogP) is 1.61. The van der Waals surface area contributed by atoms with Gasteiger partial charge in [-0.3, -0.25) is 9.78 Å². The Morgan fingerprint density at radius 2 is 2.10 bits per heavy atom. The first kappa shape index (κ1) is 13.0. The van der Waals surface area contributed by atoms with E-state index in [-0.39, 0.29) is 11.1 Å². The van der Waals surface area contributed by atoms with Gasteiger partial charge >= 0.3 is 5.97 Å². The third kappa shape index (κ3) is 2.64. The Morgan fingerprint density at radius 3 is 2.81 bits per heavy atom. The predicted molar refractivity (Wildman–Crippen MR) is 76.4 cm³/mol. The number of carboxylic acid groups (broad SMARTS) is 1. The highest BCUT2D eigenvalue weighted by molar-refractivity contribution is 5.92. The molecule has 0 atom stereocenters. The molecule has 0 aliphatic heterocycles. The second kappa shape index (κ2) is 5.16. The normalized spacial score (nSPS) is 10.7. The molecule has 104 valence electrons. The minimum Gasteiger partial charge on any atom is -0.478 e. The summed E-state index contributed by atoms with van der Waals surface area (Å²) in [7, 11) is 0. The van der Waals surface area contributed by atoms with E-state index < -0.39 is 5.97 Å². The second-order valence-electron chi connectivity index (χ2n) is 4.55. The van der Waals surface area contributed by atoms with Gasteiger partial charge in [0.05, 0.1) is 16.5 Å². The van der Waals surface area contributed by atoms with E-state index in [1.54, 1.807) is 12.3 Å². The van der Waals surface area contributed by atoms with Crippen molar-refractivity contribution in [2.24, 2.45) is 0 Å². The van der Waals surface area contributed by atoms with Crippen molar-refractivity contribution in [3.63, 3.8) is 0 Å². The van der Waals surface area contributed by atoms with Crippen molar-refractivity contribution in [1.29, 1.82) is 0 Å². The molecule has 0 fully saturated rings. The number of carboxylic acids is 1. The monoisotopic (exact) mass is 281 g/mol. The SMILES string of the molecule is O=C(O)c1ccc2c(=O)[nH]c(Cc3ccccn3)nc2c1. The highest BCUT2D eigenvalue weighted by Gasteiger charge is 2.09. The number of fused-ring (bicyclic) bond motifs is 1.